The van der Waals surface area contributed by atoms with Crippen molar-refractivity contribution in [1.82, 2.24) is 30.0 Å². The average molecular weight is 400 g/mol. The van der Waals surface area contributed by atoms with Crippen LogP contribution in [0.25, 0.3) is 22.2 Å². The average Bonchev–Trinajstić information content (AvgIpc) is 3.48. The third-order valence-electron chi connectivity index (χ3n) is 5.49. The number of likely N-dealkylation sites (tertiary alicyclic amines) is 1. The number of amides is 1. The summed E-state index contributed by atoms with van der Waals surface area (Å²) >= 11 is 0. The lowest BCUT2D eigenvalue weighted by molar-refractivity contribution is 0.0787. The van der Waals surface area contributed by atoms with Gasteiger partial charge in [-0.25, -0.2) is 9.97 Å². The van der Waals surface area contributed by atoms with Crippen LogP contribution in [0.1, 0.15) is 41.3 Å². The van der Waals surface area contributed by atoms with Gasteiger partial charge in [0.05, 0.1) is 11.3 Å². The highest BCUT2D eigenvalue weighted by Crippen LogP contribution is 2.32. The number of fused-ring (bicyclic) bond motifs is 1. The van der Waals surface area contributed by atoms with Crippen molar-refractivity contribution in [1.29, 1.82) is 0 Å². The molecule has 4 heterocycles. The fourth-order valence-corrected chi connectivity index (χ4v) is 3.95. The van der Waals surface area contributed by atoms with Crippen molar-refractivity contribution < 1.29 is 9.32 Å². The van der Waals surface area contributed by atoms with Crippen LogP contribution in [0.3, 0.4) is 0 Å². The maximum Gasteiger partial charge on any atom is 0.273 e. The zero-order valence-electron chi connectivity index (χ0n) is 16.5. The molecule has 1 aliphatic rings. The Morgan fingerprint density at radius 2 is 2.13 bits per heavy atom. The highest BCUT2D eigenvalue weighted by Gasteiger charge is 2.32. The molecule has 1 aromatic carbocycles. The van der Waals surface area contributed by atoms with Crippen molar-refractivity contribution >= 4 is 16.7 Å². The van der Waals surface area contributed by atoms with E-state index >= 15 is 0 Å². The fourth-order valence-electron chi connectivity index (χ4n) is 3.95. The van der Waals surface area contributed by atoms with Gasteiger partial charge in [0.15, 0.2) is 0 Å². The lowest BCUT2D eigenvalue weighted by atomic mass is 10.00. The molecular formula is C22H20N6O2. The number of aryl methyl sites for hydroxylation is 1. The molecule has 8 heteroatoms. The number of carbonyl (C=O) groups excluding carboxylic acids is 1. The Morgan fingerprint density at radius 1 is 1.23 bits per heavy atom. The van der Waals surface area contributed by atoms with E-state index in [9.17, 15) is 4.79 Å². The van der Waals surface area contributed by atoms with Crippen LogP contribution in [0, 0.1) is 0 Å². The van der Waals surface area contributed by atoms with Gasteiger partial charge >= 0.3 is 0 Å². The van der Waals surface area contributed by atoms with Crippen LogP contribution in [0.5, 0.6) is 0 Å². The topological polar surface area (TPSA) is 97.9 Å². The van der Waals surface area contributed by atoms with Gasteiger partial charge in [-0.05, 0) is 17.9 Å². The number of hydrogen-bond donors (Lipinski definition) is 0. The van der Waals surface area contributed by atoms with Crippen molar-refractivity contribution in [2.24, 2.45) is 0 Å². The third kappa shape index (κ3) is 3.20. The lowest BCUT2D eigenvalue weighted by Crippen LogP contribution is -2.29. The summed E-state index contributed by atoms with van der Waals surface area (Å²) in [5.74, 6) is 1.08. The Labute approximate surface area is 173 Å². The molecule has 3 aromatic heterocycles. The van der Waals surface area contributed by atoms with Gasteiger partial charge in [0.25, 0.3) is 5.91 Å². The quantitative estimate of drug-likeness (QED) is 0.518. The zero-order chi connectivity index (χ0) is 20.5. The van der Waals surface area contributed by atoms with Crippen molar-refractivity contribution in [3.05, 3.63) is 66.3 Å². The summed E-state index contributed by atoms with van der Waals surface area (Å²) in [6, 6.07) is 9.73. The summed E-state index contributed by atoms with van der Waals surface area (Å²) in [5, 5.41) is 5.95. The monoisotopic (exact) mass is 400 g/mol. The van der Waals surface area contributed by atoms with E-state index in [4.69, 9.17) is 4.52 Å². The van der Waals surface area contributed by atoms with Crippen molar-refractivity contribution in [2.45, 2.75) is 25.7 Å². The van der Waals surface area contributed by atoms with E-state index in [0.717, 1.165) is 28.5 Å². The molecule has 1 unspecified atom stereocenters. The Bertz CT molecular complexity index is 1220. The molecule has 1 saturated heterocycles. The molecule has 4 aromatic rings. The molecule has 0 bridgehead atoms. The van der Waals surface area contributed by atoms with Crippen LogP contribution in [-0.2, 0) is 6.42 Å². The summed E-state index contributed by atoms with van der Waals surface area (Å²) in [7, 11) is 0. The normalized spacial score (nSPS) is 16.3. The van der Waals surface area contributed by atoms with E-state index in [2.05, 4.69) is 25.1 Å². The molecule has 0 saturated carbocycles. The first kappa shape index (κ1) is 18.4. The number of benzene rings is 1. The van der Waals surface area contributed by atoms with Crippen LogP contribution >= 0.6 is 0 Å². The van der Waals surface area contributed by atoms with Crippen LogP contribution in [0.2, 0.25) is 0 Å². The molecule has 0 N–H and O–H groups in total. The largest absolute Gasteiger partial charge is 0.339 e. The number of hydrogen-bond acceptors (Lipinski definition) is 7. The summed E-state index contributed by atoms with van der Waals surface area (Å²) in [5.41, 5.74) is 2.08. The number of aromatic nitrogens is 5. The highest BCUT2D eigenvalue weighted by atomic mass is 16.5. The van der Waals surface area contributed by atoms with Crippen molar-refractivity contribution in [3.8, 4) is 11.4 Å². The van der Waals surface area contributed by atoms with Crippen molar-refractivity contribution in [3.63, 3.8) is 0 Å². The first-order valence-electron chi connectivity index (χ1n) is 10.0. The highest BCUT2D eigenvalue weighted by molar-refractivity contribution is 6.05. The van der Waals surface area contributed by atoms with E-state index in [1.54, 1.807) is 12.4 Å². The predicted octanol–water partition coefficient (Wildman–Crippen LogP) is 3.27. The zero-order valence-corrected chi connectivity index (χ0v) is 16.5. The predicted molar refractivity (Wildman–Crippen MR) is 110 cm³/mol. The standard InChI is InChI=1S/C22H20N6O2/c1-2-18-26-21(27-30-18)17-11-23-13-25-19(17)15-8-10-28(12-15)22(29)20-16-6-4-3-5-14(16)7-9-24-20/h3-7,9,11,13,15H,2,8,10,12H2,1H3. The van der Waals surface area contributed by atoms with Gasteiger partial charge < -0.3 is 9.42 Å². The van der Waals surface area contributed by atoms with Gasteiger partial charge in [-0.1, -0.05) is 36.3 Å². The summed E-state index contributed by atoms with van der Waals surface area (Å²) < 4.78 is 5.25. The third-order valence-corrected chi connectivity index (χ3v) is 5.49. The molecule has 150 valence electrons. The van der Waals surface area contributed by atoms with Crippen LogP contribution in [0.15, 0.2) is 53.6 Å². The molecule has 1 fully saturated rings. The molecule has 1 amide bonds. The van der Waals surface area contributed by atoms with Gasteiger partial charge in [0.1, 0.15) is 12.0 Å². The molecule has 0 radical (unpaired) electrons. The molecule has 1 atom stereocenters. The molecule has 5 rings (SSSR count). The van der Waals surface area contributed by atoms with Gasteiger partial charge in [-0.3, -0.25) is 9.78 Å². The Morgan fingerprint density at radius 3 is 3.00 bits per heavy atom. The summed E-state index contributed by atoms with van der Waals surface area (Å²) in [6.45, 7) is 3.16. The van der Waals surface area contributed by atoms with E-state index < -0.39 is 0 Å². The first-order valence-corrected chi connectivity index (χ1v) is 10.0. The number of carbonyl (C=O) groups is 1. The van der Waals surface area contributed by atoms with Crippen LogP contribution in [0.4, 0.5) is 0 Å². The molecule has 30 heavy (non-hydrogen) atoms. The molecule has 0 spiro atoms. The second-order valence-electron chi connectivity index (χ2n) is 7.30. The van der Waals surface area contributed by atoms with E-state index in [1.165, 1.54) is 6.33 Å². The van der Waals surface area contributed by atoms with Gasteiger partial charge in [0, 0.05) is 43.2 Å². The van der Waals surface area contributed by atoms with Gasteiger partial charge in [0.2, 0.25) is 11.7 Å². The molecule has 8 nitrogen and oxygen atoms in total. The van der Waals surface area contributed by atoms with E-state index in [-0.39, 0.29) is 11.8 Å². The Hall–Kier alpha value is -3.68. The number of pyridine rings is 1. The minimum atomic E-state index is -0.0577. The summed E-state index contributed by atoms with van der Waals surface area (Å²) in [6.07, 6.45) is 6.39. The molecule has 1 aliphatic heterocycles. The second kappa shape index (κ2) is 7.62. The Kier molecular flexibility index (Phi) is 4.66. The smallest absolute Gasteiger partial charge is 0.273 e. The molecule has 0 aliphatic carbocycles. The first-order chi connectivity index (χ1) is 14.7. The Balaban J connectivity index is 1.42. The van der Waals surface area contributed by atoms with Crippen LogP contribution < -0.4 is 0 Å². The molecular weight excluding hydrogens is 380 g/mol. The number of rotatable bonds is 4. The second-order valence-corrected chi connectivity index (χ2v) is 7.30. The SMILES string of the molecule is CCc1nc(-c2cncnc2C2CCN(C(=O)c3nccc4ccccc34)C2)no1. The minimum absolute atomic E-state index is 0.0577. The minimum Gasteiger partial charge on any atom is -0.339 e. The van der Waals surface area contributed by atoms with E-state index in [0.29, 0.717) is 36.9 Å². The van der Waals surface area contributed by atoms with Gasteiger partial charge in [-0.2, -0.15) is 4.98 Å². The van der Waals surface area contributed by atoms with Crippen LogP contribution in [-0.4, -0.2) is 49.0 Å². The maximum absolute atomic E-state index is 13.2. The van der Waals surface area contributed by atoms with E-state index in [1.807, 2.05) is 42.2 Å². The van der Waals surface area contributed by atoms with Crippen molar-refractivity contribution in [2.75, 3.05) is 13.1 Å². The lowest BCUT2D eigenvalue weighted by Gasteiger charge is -2.17. The van der Waals surface area contributed by atoms with Gasteiger partial charge in [-0.15, -0.1) is 0 Å². The summed E-state index contributed by atoms with van der Waals surface area (Å²) in [4.78, 5) is 32.5. The number of nitrogens with zero attached hydrogens (tertiary/aromatic N) is 6. The fraction of sp³-hybridized carbons (Fsp3) is 0.273. The maximum atomic E-state index is 13.2.